The van der Waals surface area contributed by atoms with E-state index in [9.17, 15) is 9.90 Å². The average Bonchev–Trinajstić information content (AvgIpc) is 2.36. The van der Waals surface area contributed by atoms with Crippen molar-refractivity contribution in [3.63, 3.8) is 0 Å². The number of ether oxygens (including phenoxy) is 1. The van der Waals surface area contributed by atoms with Crippen molar-refractivity contribution in [1.82, 2.24) is 4.90 Å². The molecule has 0 saturated carbocycles. The topological polar surface area (TPSA) is 70.0 Å². The highest BCUT2D eigenvalue weighted by Gasteiger charge is 2.24. The highest BCUT2D eigenvalue weighted by Crippen LogP contribution is 2.18. The molecule has 0 heterocycles. The molecule has 0 spiro atoms. The van der Waals surface area contributed by atoms with Gasteiger partial charge in [-0.1, -0.05) is 23.7 Å². The number of benzene rings is 1. The van der Waals surface area contributed by atoms with Gasteiger partial charge in [0.2, 0.25) is 0 Å². The van der Waals surface area contributed by atoms with Crippen molar-refractivity contribution in [3.8, 4) is 0 Å². The third-order valence-corrected chi connectivity index (χ3v) is 2.92. The summed E-state index contributed by atoms with van der Waals surface area (Å²) in [5, 5.41) is 19.8. The summed E-state index contributed by atoms with van der Waals surface area (Å²) < 4.78 is 5.25. The second-order valence-corrected chi connectivity index (χ2v) is 6.15. The van der Waals surface area contributed by atoms with Crippen LogP contribution in [0.1, 0.15) is 32.4 Å². The number of carbonyl (C=O) groups is 1. The van der Waals surface area contributed by atoms with Gasteiger partial charge in [-0.05, 0) is 38.5 Å². The molecule has 0 radical (unpaired) electrons. The molecule has 0 fully saturated rings. The van der Waals surface area contributed by atoms with Crippen LogP contribution in [0.4, 0.5) is 4.79 Å². The minimum Gasteiger partial charge on any atom is -0.444 e. The standard InChI is InChI=1S/C15H22ClNO4/c1-15(2,3)21-14(20)17(8-9-18)10-13(19)11-4-6-12(16)7-5-11/h4-7,13,18-19H,8-10H2,1-3H3. The van der Waals surface area contributed by atoms with E-state index in [2.05, 4.69) is 0 Å². The fourth-order valence-corrected chi connectivity index (χ4v) is 1.83. The summed E-state index contributed by atoms with van der Waals surface area (Å²) in [6.45, 7) is 5.22. The number of halogens is 1. The summed E-state index contributed by atoms with van der Waals surface area (Å²) >= 11 is 5.80. The quantitative estimate of drug-likeness (QED) is 0.876. The van der Waals surface area contributed by atoms with Crippen LogP contribution in [-0.2, 0) is 4.74 Å². The number of carbonyl (C=O) groups excluding carboxylic acids is 1. The lowest BCUT2D eigenvalue weighted by Gasteiger charge is -2.28. The summed E-state index contributed by atoms with van der Waals surface area (Å²) in [5.74, 6) is 0. The number of hydrogen-bond donors (Lipinski definition) is 2. The Labute approximate surface area is 130 Å². The lowest BCUT2D eigenvalue weighted by molar-refractivity contribution is 0.0109. The van der Waals surface area contributed by atoms with Crippen LogP contribution in [-0.4, -0.2) is 46.5 Å². The molecule has 5 nitrogen and oxygen atoms in total. The van der Waals surface area contributed by atoms with Crippen molar-refractivity contribution < 1.29 is 19.7 Å². The number of amides is 1. The molecule has 0 saturated heterocycles. The molecule has 1 aromatic rings. The van der Waals surface area contributed by atoms with E-state index in [0.29, 0.717) is 10.6 Å². The Hall–Kier alpha value is -1.30. The summed E-state index contributed by atoms with van der Waals surface area (Å²) in [5.41, 5.74) is 0.0154. The van der Waals surface area contributed by atoms with Gasteiger partial charge in [0.15, 0.2) is 0 Å². The largest absolute Gasteiger partial charge is 0.444 e. The molecule has 1 aromatic carbocycles. The van der Waals surface area contributed by atoms with Crippen LogP contribution >= 0.6 is 11.6 Å². The average molecular weight is 316 g/mol. The van der Waals surface area contributed by atoms with E-state index in [1.807, 2.05) is 0 Å². The monoisotopic (exact) mass is 315 g/mol. The van der Waals surface area contributed by atoms with Crippen molar-refractivity contribution in [2.45, 2.75) is 32.5 Å². The van der Waals surface area contributed by atoms with Crippen LogP contribution in [0.3, 0.4) is 0 Å². The molecule has 6 heteroatoms. The minimum absolute atomic E-state index is 0.0388. The summed E-state index contributed by atoms with van der Waals surface area (Å²) in [6, 6.07) is 6.73. The second-order valence-electron chi connectivity index (χ2n) is 5.72. The molecule has 1 unspecified atom stereocenters. The molecule has 21 heavy (non-hydrogen) atoms. The predicted molar refractivity (Wildman–Crippen MR) is 81.3 cm³/mol. The van der Waals surface area contributed by atoms with E-state index in [0.717, 1.165) is 0 Å². The van der Waals surface area contributed by atoms with Crippen LogP contribution in [0, 0.1) is 0 Å². The predicted octanol–water partition coefficient (Wildman–Crippen LogP) is 2.60. The number of rotatable bonds is 5. The highest BCUT2D eigenvalue weighted by atomic mass is 35.5. The zero-order chi connectivity index (χ0) is 16.0. The third kappa shape index (κ3) is 6.33. The van der Waals surface area contributed by atoms with E-state index >= 15 is 0 Å². The smallest absolute Gasteiger partial charge is 0.410 e. The second kappa shape index (κ2) is 7.64. The van der Waals surface area contributed by atoms with Gasteiger partial charge < -0.3 is 19.8 Å². The molecule has 1 atom stereocenters. The van der Waals surface area contributed by atoms with Crippen molar-refractivity contribution in [3.05, 3.63) is 34.9 Å². The Bertz CT molecular complexity index is 456. The van der Waals surface area contributed by atoms with Crippen LogP contribution in [0.15, 0.2) is 24.3 Å². The lowest BCUT2D eigenvalue weighted by Crippen LogP contribution is -2.40. The fraction of sp³-hybridized carbons (Fsp3) is 0.533. The third-order valence-electron chi connectivity index (χ3n) is 2.67. The van der Waals surface area contributed by atoms with Gasteiger partial charge in [-0.25, -0.2) is 4.79 Å². The number of aliphatic hydroxyl groups excluding tert-OH is 2. The normalized spacial score (nSPS) is 12.9. The first-order valence-corrected chi connectivity index (χ1v) is 7.13. The van der Waals surface area contributed by atoms with E-state index in [-0.39, 0.29) is 19.7 Å². The Morgan fingerprint density at radius 1 is 1.33 bits per heavy atom. The fourth-order valence-electron chi connectivity index (χ4n) is 1.70. The SMILES string of the molecule is CC(C)(C)OC(=O)N(CCO)CC(O)c1ccc(Cl)cc1. The van der Waals surface area contributed by atoms with Crippen molar-refractivity contribution in [1.29, 1.82) is 0 Å². The van der Waals surface area contributed by atoms with Gasteiger partial charge >= 0.3 is 6.09 Å². The molecule has 0 aliphatic heterocycles. The molecule has 0 aliphatic carbocycles. The molecular formula is C15H22ClNO4. The number of nitrogens with zero attached hydrogens (tertiary/aromatic N) is 1. The Morgan fingerprint density at radius 2 is 1.90 bits per heavy atom. The van der Waals surface area contributed by atoms with Crippen LogP contribution in [0.5, 0.6) is 0 Å². The zero-order valence-corrected chi connectivity index (χ0v) is 13.3. The first-order chi connectivity index (χ1) is 9.73. The molecule has 118 valence electrons. The zero-order valence-electron chi connectivity index (χ0n) is 12.5. The molecule has 0 aromatic heterocycles. The maximum atomic E-state index is 12.0. The molecule has 0 aliphatic rings. The molecular weight excluding hydrogens is 294 g/mol. The van der Waals surface area contributed by atoms with Gasteiger partial charge in [0, 0.05) is 11.6 Å². The summed E-state index contributed by atoms with van der Waals surface area (Å²) in [7, 11) is 0. The maximum absolute atomic E-state index is 12.0. The van der Waals surface area contributed by atoms with Gasteiger partial charge in [-0.3, -0.25) is 0 Å². The van der Waals surface area contributed by atoms with Gasteiger partial charge in [-0.2, -0.15) is 0 Å². The van der Waals surface area contributed by atoms with E-state index < -0.39 is 17.8 Å². The Kier molecular flexibility index (Phi) is 6.45. The van der Waals surface area contributed by atoms with E-state index in [1.54, 1.807) is 45.0 Å². The van der Waals surface area contributed by atoms with E-state index in [1.165, 1.54) is 4.90 Å². The number of hydrogen-bond acceptors (Lipinski definition) is 4. The van der Waals surface area contributed by atoms with Crippen LogP contribution < -0.4 is 0 Å². The number of aliphatic hydroxyl groups is 2. The maximum Gasteiger partial charge on any atom is 0.410 e. The van der Waals surface area contributed by atoms with Gasteiger partial charge in [-0.15, -0.1) is 0 Å². The van der Waals surface area contributed by atoms with Crippen LogP contribution in [0.2, 0.25) is 5.02 Å². The van der Waals surface area contributed by atoms with Crippen LogP contribution in [0.25, 0.3) is 0 Å². The summed E-state index contributed by atoms with van der Waals surface area (Å²) in [4.78, 5) is 13.3. The van der Waals surface area contributed by atoms with Gasteiger partial charge in [0.1, 0.15) is 5.60 Å². The van der Waals surface area contributed by atoms with Gasteiger partial charge in [0.05, 0.1) is 19.3 Å². The summed E-state index contributed by atoms with van der Waals surface area (Å²) in [6.07, 6.45) is -1.44. The van der Waals surface area contributed by atoms with Crippen molar-refractivity contribution in [2.24, 2.45) is 0 Å². The minimum atomic E-state index is -0.874. The molecule has 2 N–H and O–H groups in total. The molecule has 1 amide bonds. The van der Waals surface area contributed by atoms with Crippen molar-refractivity contribution >= 4 is 17.7 Å². The molecule has 0 bridgehead atoms. The first kappa shape index (κ1) is 17.8. The van der Waals surface area contributed by atoms with Crippen molar-refractivity contribution in [2.75, 3.05) is 19.7 Å². The lowest BCUT2D eigenvalue weighted by atomic mass is 10.1. The highest BCUT2D eigenvalue weighted by molar-refractivity contribution is 6.30. The Balaban J connectivity index is 2.73. The van der Waals surface area contributed by atoms with E-state index in [4.69, 9.17) is 21.4 Å². The van der Waals surface area contributed by atoms with Gasteiger partial charge in [0.25, 0.3) is 0 Å². The Morgan fingerprint density at radius 3 is 2.38 bits per heavy atom. The molecule has 1 rings (SSSR count). The first-order valence-electron chi connectivity index (χ1n) is 6.75.